The van der Waals surface area contributed by atoms with Gasteiger partial charge >= 0.3 is 0 Å². The van der Waals surface area contributed by atoms with Crippen molar-refractivity contribution in [2.45, 2.75) is 51.6 Å². The van der Waals surface area contributed by atoms with E-state index in [2.05, 4.69) is 24.1 Å². The number of ether oxygens (including phenoxy) is 1. The van der Waals surface area contributed by atoms with Gasteiger partial charge in [-0.15, -0.1) is 0 Å². The number of hydrogen-bond donors (Lipinski definition) is 1. The SMILES string of the molecule is CCCNC1CCCc2nc(N3CCOCC3C)sc21. The van der Waals surface area contributed by atoms with E-state index in [1.54, 1.807) is 0 Å². The highest BCUT2D eigenvalue weighted by Crippen LogP contribution is 2.38. The van der Waals surface area contributed by atoms with Crippen LogP contribution in [0.2, 0.25) is 0 Å². The second-order valence-electron chi connectivity index (χ2n) is 5.82. The predicted octanol–water partition coefficient (Wildman–Crippen LogP) is 2.75. The summed E-state index contributed by atoms with van der Waals surface area (Å²) in [6.45, 7) is 8.18. The average Bonchev–Trinajstić information content (AvgIpc) is 2.89. The van der Waals surface area contributed by atoms with Crippen molar-refractivity contribution in [1.82, 2.24) is 10.3 Å². The molecule has 0 amide bonds. The minimum Gasteiger partial charge on any atom is -0.377 e. The van der Waals surface area contributed by atoms with Gasteiger partial charge in [-0.05, 0) is 39.2 Å². The third kappa shape index (κ3) is 2.85. The molecule has 112 valence electrons. The Morgan fingerprint density at radius 1 is 1.50 bits per heavy atom. The maximum Gasteiger partial charge on any atom is 0.186 e. The molecule has 2 atom stereocenters. The van der Waals surface area contributed by atoms with E-state index in [4.69, 9.17) is 9.72 Å². The van der Waals surface area contributed by atoms with E-state index in [0.29, 0.717) is 12.1 Å². The summed E-state index contributed by atoms with van der Waals surface area (Å²) in [5.41, 5.74) is 1.34. The number of morpholine rings is 1. The summed E-state index contributed by atoms with van der Waals surface area (Å²) >= 11 is 1.90. The molecule has 4 nitrogen and oxygen atoms in total. The quantitative estimate of drug-likeness (QED) is 0.927. The molecule has 1 aromatic heterocycles. The van der Waals surface area contributed by atoms with Crippen LogP contribution >= 0.6 is 11.3 Å². The summed E-state index contributed by atoms with van der Waals surface area (Å²) in [7, 11) is 0. The van der Waals surface area contributed by atoms with Crippen LogP contribution in [0.25, 0.3) is 0 Å². The van der Waals surface area contributed by atoms with E-state index in [9.17, 15) is 0 Å². The van der Waals surface area contributed by atoms with Crippen LogP contribution in [-0.4, -0.2) is 37.3 Å². The summed E-state index contributed by atoms with van der Waals surface area (Å²) in [4.78, 5) is 8.84. The van der Waals surface area contributed by atoms with Gasteiger partial charge in [0.2, 0.25) is 0 Å². The molecule has 0 bridgehead atoms. The molecule has 2 aliphatic rings. The molecule has 20 heavy (non-hydrogen) atoms. The lowest BCUT2D eigenvalue weighted by molar-refractivity contribution is 0.0989. The maximum atomic E-state index is 5.53. The van der Waals surface area contributed by atoms with Crippen LogP contribution in [0.5, 0.6) is 0 Å². The predicted molar refractivity (Wildman–Crippen MR) is 83.7 cm³/mol. The fraction of sp³-hybridized carbons (Fsp3) is 0.800. The molecule has 1 N–H and O–H groups in total. The lowest BCUT2D eigenvalue weighted by atomic mass is 9.98. The molecule has 0 radical (unpaired) electrons. The number of nitrogens with zero attached hydrogens (tertiary/aromatic N) is 2. The Labute approximate surface area is 125 Å². The van der Waals surface area contributed by atoms with Crippen molar-refractivity contribution in [3.63, 3.8) is 0 Å². The summed E-state index contributed by atoms with van der Waals surface area (Å²) in [6, 6.07) is 0.972. The van der Waals surface area contributed by atoms with Crippen LogP contribution < -0.4 is 10.2 Å². The number of rotatable bonds is 4. The fourth-order valence-electron chi connectivity index (χ4n) is 3.05. The monoisotopic (exact) mass is 295 g/mol. The van der Waals surface area contributed by atoms with E-state index < -0.39 is 0 Å². The highest BCUT2D eigenvalue weighted by Gasteiger charge is 2.28. The summed E-state index contributed by atoms with van der Waals surface area (Å²) < 4.78 is 5.53. The molecular weight excluding hydrogens is 270 g/mol. The normalized spacial score (nSPS) is 26.6. The molecule has 1 aliphatic carbocycles. The Kier molecular flexibility index (Phi) is 4.58. The molecule has 0 aromatic carbocycles. The number of anilines is 1. The molecule has 3 rings (SSSR count). The van der Waals surface area contributed by atoms with Crippen LogP contribution in [-0.2, 0) is 11.2 Å². The van der Waals surface area contributed by atoms with Gasteiger partial charge < -0.3 is 15.0 Å². The molecule has 1 aromatic rings. The number of aromatic nitrogens is 1. The number of nitrogens with one attached hydrogen (secondary N) is 1. The van der Waals surface area contributed by atoms with Crippen LogP contribution in [0.15, 0.2) is 0 Å². The van der Waals surface area contributed by atoms with Crippen molar-refractivity contribution >= 4 is 16.5 Å². The lowest BCUT2D eigenvalue weighted by Crippen LogP contribution is -2.43. The standard InChI is InChI=1S/C15H25N3OS/c1-3-7-16-12-5-4-6-13-14(12)20-15(17-13)18-8-9-19-10-11(18)2/h11-12,16H,3-10H2,1-2H3. The van der Waals surface area contributed by atoms with Crippen molar-refractivity contribution in [3.05, 3.63) is 10.6 Å². The number of thiazole rings is 1. The molecule has 1 fully saturated rings. The topological polar surface area (TPSA) is 37.4 Å². The summed E-state index contributed by atoms with van der Waals surface area (Å²) in [5.74, 6) is 0. The molecule has 5 heteroatoms. The van der Waals surface area contributed by atoms with Gasteiger partial charge in [0.1, 0.15) is 0 Å². The van der Waals surface area contributed by atoms with E-state index in [0.717, 1.165) is 32.7 Å². The van der Waals surface area contributed by atoms with Gasteiger partial charge in [0.15, 0.2) is 5.13 Å². The van der Waals surface area contributed by atoms with Crippen LogP contribution in [0.4, 0.5) is 5.13 Å². The molecule has 0 saturated carbocycles. The minimum atomic E-state index is 0.443. The Morgan fingerprint density at radius 3 is 3.20 bits per heavy atom. The van der Waals surface area contributed by atoms with Crippen LogP contribution in [0.3, 0.4) is 0 Å². The smallest absolute Gasteiger partial charge is 0.186 e. The largest absolute Gasteiger partial charge is 0.377 e. The average molecular weight is 295 g/mol. The Morgan fingerprint density at radius 2 is 2.40 bits per heavy atom. The highest BCUT2D eigenvalue weighted by molar-refractivity contribution is 7.15. The summed E-state index contributed by atoms with van der Waals surface area (Å²) in [6.07, 6.45) is 4.86. The highest BCUT2D eigenvalue weighted by atomic mass is 32.1. The summed E-state index contributed by atoms with van der Waals surface area (Å²) in [5, 5.41) is 4.89. The first-order valence-corrected chi connectivity index (χ1v) is 8.68. The first-order chi connectivity index (χ1) is 9.79. The van der Waals surface area contributed by atoms with Crippen LogP contribution in [0.1, 0.15) is 49.7 Å². The van der Waals surface area contributed by atoms with E-state index in [-0.39, 0.29) is 0 Å². The van der Waals surface area contributed by atoms with Crippen molar-refractivity contribution in [2.24, 2.45) is 0 Å². The van der Waals surface area contributed by atoms with Gasteiger partial charge in [-0.2, -0.15) is 0 Å². The number of fused-ring (bicyclic) bond motifs is 1. The third-order valence-corrected chi connectivity index (χ3v) is 5.44. The lowest BCUT2D eigenvalue weighted by Gasteiger charge is -2.32. The Hall–Kier alpha value is -0.650. The van der Waals surface area contributed by atoms with Crippen molar-refractivity contribution < 1.29 is 4.74 Å². The van der Waals surface area contributed by atoms with Gasteiger partial charge in [0, 0.05) is 17.5 Å². The zero-order valence-corrected chi connectivity index (χ0v) is 13.3. The molecule has 2 unspecified atom stereocenters. The van der Waals surface area contributed by atoms with Gasteiger partial charge in [0.05, 0.1) is 24.9 Å². The van der Waals surface area contributed by atoms with Crippen molar-refractivity contribution in [2.75, 3.05) is 31.2 Å². The molecule has 1 saturated heterocycles. The van der Waals surface area contributed by atoms with Crippen molar-refractivity contribution in [1.29, 1.82) is 0 Å². The fourth-order valence-corrected chi connectivity index (χ4v) is 4.40. The zero-order valence-electron chi connectivity index (χ0n) is 12.5. The van der Waals surface area contributed by atoms with E-state index in [1.807, 2.05) is 11.3 Å². The molecule has 2 heterocycles. The van der Waals surface area contributed by atoms with E-state index in [1.165, 1.54) is 35.0 Å². The third-order valence-electron chi connectivity index (χ3n) is 4.19. The van der Waals surface area contributed by atoms with Gasteiger partial charge in [0.25, 0.3) is 0 Å². The molecular formula is C15H25N3OS. The van der Waals surface area contributed by atoms with Crippen molar-refractivity contribution in [3.8, 4) is 0 Å². The van der Waals surface area contributed by atoms with Gasteiger partial charge in [-0.25, -0.2) is 4.98 Å². The second-order valence-corrected chi connectivity index (χ2v) is 6.83. The molecule has 0 spiro atoms. The second kappa shape index (κ2) is 6.41. The maximum absolute atomic E-state index is 5.53. The zero-order chi connectivity index (χ0) is 13.9. The number of hydrogen-bond acceptors (Lipinski definition) is 5. The first-order valence-electron chi connectivity index (χ1n) is 7.87. The minimum absolute atomic E-state index is 0.443. The first kappa shape index (κ1) is 14.3. The number of aryl methyl sites for hydroxylation is 1. The Bertz CT molecular complexity index is 448. The van der Waals surface area contributed by atoms with E-state index >= 15 is 0 Å². The Balaban J connectivity index is 1.79. The molecule has 1 aliphatic heterocycles. The van der Waals surface area contributed by atoms with Crippen LogP contribution in [0, 0.1) is 0 Å². The van der Waals surface area contributed by atoms with Gasteiger partial charge in [-0.1, -0.05) is 18.3 Å². The van der Waals surface area contributed by atoms with Gasteiger partial charge in [-0.3, -0.25) is 0 Å².